The molecule has 0 unspecified atom stereocenters. The Morgan fingerprint density at radius 3 is 2.38 bits per heavy atom. The Morgan fingerprint density at radius 2 is 1.70 bits per heavy atom. The van der Waals surface area contributed by atoms with Gasteiger partial charge in [-0.1, -0.05) is 83.2 Å². The molecule has 1 aromatic heterocycles. The summed E-state index contributed by atoms with van der Waals surface area (Å²) in [7, 11) is 1.35. The number of aromatic nitrogens is 1. The minimum atomic E-state index is -1.45. The molecule has 0 saturated carbocycles. The molecule has 2 heterocycles. The van der Waals surface area contributed by atoms with E-state index in [-0.39, 0.29) is 30.0 Å². The average Bonchev–Trinajstić information content (AvgIpc) is 3.08. The largest absolute Gasteiger partial charge is 0.493 e. The normalized spacial score (nSPS) is 19.8. The van der Waals surface area contributed by atoms with Gasteiger partial charge in [-0.2, -0.15) is 0 Å². The summed E-state index contributed by atoms with van der Waals surface area (Å²) in [6, 6.07) is 9.08. The molecule has 0 bridgehead atoms. The first kappa shape index (κ1) is 37.0. The van der Waals surface area contributed by atoms with Crippen LogP contribution in [0.5, 0.6) is 11.5 Å². The molecule has 0 radical (unpaired) electrons. The van der Waals surface area contributed by atoms with Crippen molar-refractivity contribution in [2.75, 3.05) is 13.7 Å². The fraction of sp³-hybridized carbons (Fsp3) is 0.543. The van der Waals surface area contributed by atoms with E-state index in [1.54, 1.807) is 13.8 Å². The van der Waals surface area contributed by atoms with Crippen molar-refractivity contribution in [3.05, 3.63) is 53.9 Å². The van der Waals surface area contributed by atoms with Gasteiger partial charge in [0.1, 0.15) is 18.6 Å². The predicted octanol–water partition coefficient (Wildman–Crippen LogP) is 4.76. The number of amides is 1. The second-order valence-corrected chi connectivity index (χ2v) is 11.8. The molecule has 0 spiro atoms. The zero-order valence-corrected chi connectivity index (χ0v) is 27.8. The van der Waals surface area contributed by atoms with Gasteiger partial charge in [-0.15, -0.1) is 0 Å². The topological polar surface area (TPSA) is 156 Å². The summed E-state index contributed by atoms with van der Waals surface area (Å²) < 4.78 is 27.7. The number of hydrogen-bond donors (Lipinski definition) is 1. The Kier molecular flexibility index (Phi) is 14.6. The van der Waals surface area contributed by atoms with Crippen molar-refractivity contribution in [2.45, 2.75) is 97.3 Å². The van der Waals surface area contributed by atoms with Crippen molar-refractivity contribution in [3.8, 4) is 11.5 Å². The van der Waals surface area contributed by atoms with Gasteiger partial charge in [0.25, 0.3) is 5.91 Å². The Bertz CT molecular complexity index is 1360. The number of benzene rings is 1. The van der Waals surface area contributed by atoms with E-state index in [0.29, 0.717) is 6.42 Å². The number of nitrogens with one attached hydrogen (secondary N) is 1. The molecule has 2 aromatic rings. The lowest BCUT2D eigenvalue weighted by molar-refractivity contribution is -0.176. The van der Waals surface area contributed by atoms with Gasteiger partial charge in [0.05, 0.1) is 13.0 Å². The molecule has 0 aliphatic carbocycles. The summed E-state index contributed by atoms with van der Waals surface area (Å²) in [4.78, 5) is 69.7. The molecule has 1 N–H and O–H groups in total. The molecule has 1 fully saturated rings. The van der Waals surface area contributed by atoms with E-state index in [9.17, 15) is 24.0 Å². The number of carbonyl (C=O) groups is 5. The molecule has 256 valence electrons. The molecule has 12 heteroatoms. The van der Waals surface area contributed by atoms with Gasteiger partial charge in [0.15, 0.2) is 23.6 Å². The summed E-state index contributed by atoms with van der Waals surface area (Å²) in [6.07, 6.45) is 5.23. The van der Waals surface area contributed by atoms with E-state index in [0.717, 1.165) is 37.7 Å². The van der Waals surface area contributed by atoms with Gasteiger partial charge in [0, 0.05) is 18.7 Å². The second-order valence-electron chi connectivity index (χ2n) is 11.8. The molecule has 4 atom stereocenters. The quantitative estimate of drug-likeness (QED) is 0.160. The SMILES string of the molecule is CCCCCCCCC(=O)Oc1c(OC)ccnc1C(=O)N[C@H]1COC(=O)[C@H](Cc2ccccc2)[C@@H](OC(=O)C(C)C)[C@H](C)OC1=O. The maximum absolute atomic E-state index is 13.5. The minimum Gasteiger partial charge on any atom is -0.493 e. The van der Waals surface area contributed by atoms with E-state index in [1.165, 1.54) is 26.3 Å². The van der Waals surface area contributed by atoms with Crippen LogP contribution in [0, 0.1) is 11.8 Å². The molecular formula is C35H46N2O10. The third-order valence-corrected chi connectivity index (χ3v) is 7.72. The smallest absolute Gasteiger partial charge is 0.332 e. The van der Waals surface area contributed by atoms with E-state index in [4.69, 9.17) is 23.7 Å². The number of ether oxygens (including phenoxy) is 5. The number of methoxy groups -OCH3 is 1. The zero-order valence-electron chi connectivity index (χ0n) is 27.8. The van der Waals surface area contributed by atoms with Crippen LogP contribution in [-0.2, 0) is 39.8 Å². The van der Waals surface area contributed by atoms with Gasteiger partial charge in [-0.25, -0.2) is 9.78 Å². The maximum Gasteiger partial charge on any atom is 0.332 e. The second kappa shape index (κ2) is 18.6. The van der Waals surface area contributed by atoms with Crippen molar-refractivity contribution in [1.29, 1.82) is 0 Å². The summed E-state index contributed by atoms with van der Waals surface area (Å²) >= 11 is 0. The van der Waals surface area contributed by atoms with Crippen LogP contribution in [0.3, 0.4) is 0 Å². The van der Waals surface area contributed by atoms with Crippen LogP contribution < -0.4 is 14.8 Å². The highest BCUT2D eigenvalue weighted by Gasteiger charge is 2.42. The van der Waals surface area contributed by atoms with E-state index >= 15 is 0 Å². The van der Waals surface area contributed by atoms with Crippen LogP contribution >= 0.6 is 0 Å². The molecule has 1 aromatic carbocycles. The maximum atomic E-state index is 13.5. The van der Waals surface area contributed by atoms with Crippen LogP contribution in [0.4, 0.5) is 0 Å². The van der Waals surface area contributed by atoms with Gasteiger partial charge in [-0.05, 0) is 25.3 Å². The van der Waals surface area contributed by atoms with Crippen LogP contribution in [-0.4, -0.2) is 66.7 Å². The van der Waals surface area contributed by atoms with Crippen molar-refractivity contribution in [2.24, 2.45) is 11.8 Å². The third-order valence-electron chi connectivity index (χ3n) is 7.72. The molecular weight excluding hydrogens is 608 g/mol. The highest BCUT2D eigenvalue weighted by molar-refractivity contribution is 5.99. The first-order valence-corrected chi connectivity index (χ1v) is 16.2. The monoisotopic (exact) mass is 654 g/mol. The molecule has 12 nitrogen and oxygen atoms in total. The third kappa shape index (κ3) is 11.1. The first-order valence-electron chi connectivity index (χ1n) is 16.2. The highest BCUT2D eigenvalue weighted by Crippen LogP contribution is 2.30. The number of rotatable bonds is 15. The standard InChI is InChI=1S/C35H46N2O10/c1-6-7-8-9-10-14-17-28(38)46-31-27(43-5)18-19-36-29(31)32(39)37-26-21-44-34(41)25(20-24-15-12-11-13-16-24)30(23(4)45-35(26)42)47-33(40)22(2)3/h11-13,15-16,18-19,22-23,25-26,30H,6-10,14,17,20-21H2,1-5H3,(H,37,39)/t23-,25+,26-,30-/m0/s1. The van der Waals surface area contributed by atoms with E-state index in [2.05, 4.69) is 17.2 Å². The lowest BCUT2D eigenvalue weighted by Crippen LogP contribution is -2.47. The Balaban J connectivity index is 1.79. The molecule has 1 amide bonds. The van der Waals surface area contributed by atoms with Gasteiger partial charge < -0.3 is 29.0 Å². The summed E-state index contributed by atoms with van der Waals surface area (Å²) in [5, 5.41) is 2.49. The van der Waals surface area contributed by atoms with Crippen LogP contribution in [0.1, 0.15) is 88.7 Å². The number of pyridine rings is 1. The van der Waals surface area contributed by atoms with E-state index < -0.39 is 66.5 Å². The molecule has 1 aliphatic heterocycles. The van der Waals surface area contributed by atoms with Gasteiger partial charge in [-0.3, -0.25) is 19.2 Å². The van der Waals surface area contributed by atoms with Crippen molar-refractivity contribution in [1.82, 2.24) is 10.3 Å². The van der Waals surface area contributed by atoms with Crippen molar-refractivity contribution < 1.29 is 47.7 Å². The number of unbranched alkanes of at least 4 members (excludes halogenated alkanes) is 5. The molecule has 3 rings (SSSR count). The minimum absolute atomic E-state index is 0.0945. The number of esters is 4. The first-order chi connectivity index (χ1) is 22.5. The van der Waals surface area contributed by atoms with Gasteiger partial charge >= 0.3 is 23.9 Å². The lowest BCUT2D eigenvalue weighted by atomic mass is 9.91. The number of hydrogen-bond acceptors (Lipinski definition) is 11. The fourth-order valence-corrected chi connectivity index (χ4v) is 5.04. The number of carbonyl (C=O) groups excluding carboxylic acids is 5. The van der Waals surface area contributed by atoms with E-state index in [1.807, 2.05) is 30.3 Å². The molecule has 47 heavy (non-hydrogen) atoms. The summed E-state index contributed by atoms with van der Waals surface area (Å²) in [5.41, 5.74) is 0.476. The van der Waals surface area contributed by atoms with Crippen LogP contribution in [0.2, 0.25) is 0 Å². The van der Waals surface area contributed by atoms with Crippen molar-refractivity contribution >= 4 is 29.8 Å². The molecule has 1 saturated heterocycles. The zero-order chi connectivity index (χ0) is 34.3. The summed E-state index contributed by atoms with van der Waals surface area (Å²) in [6.45, 7) is 6.37. The fourth-order valence-electron chi connectivity index (χ4n) is 5.04. The Hall–Kier alpha value is -4.48. The van der Waals surface area contributed by atoms with Crippen molar-refractivity contribution in [3.63, 3.8) is 0 Å². The summed E-state index contributed by atoms with van der Waals surface area (Å²) in [5.74, 6) is -5.29. The van der Waals surface area contributed by atoms with Crippen LogP contribution in [0.25, 0.3) is 0 Å². The average molecular weight is 655 g/mol. The number of nitrogens with zero attached hydrogens (tertiary/aromatic N) is 1. The number of cyclic esters (lactones) is 2. The van der Waals surface area contributed by atoms with Gasteiger partial charge in [0.2, 0.25) is 5.75 Å². The Labute approximate surface area is 275 Å². The Morgan fingerprint density at radius 1 is 1.00 bits per heavy atom. The van der Waals surface area contributed by atoms with Crippen LogP contribution in [0.15, 0.2) is 42.6 Å². The lowest BCUT2D eigenvalue weighted by Gasteiger charge is -2.29. The highest BCUT2D eigenvalue weighted by atomic mass is 16.6. The molecule has 1 aliphatic rings. The predicted molar refractivity (Wildman–Crippen MR) is 171 cm³/mol.